The highest BCUT2D eigenvalue weighted by Gasteiger charge is 2.25. The largest absolute Gasteiger partial charge is 0.395 e. The van der Waals surface area contributed by atoms with Gasteiger partial charge in [0.2, 0.25) is 10.0 Å². The van der Waals surface area contributed by atoms with Gasteiger partial charge < -0.3 is 10.8 Å². The van der Waals surface area contributed by atoms with Crippen molar-refractivity contribution < 1.29 is 22.3 Å². The van der Waals surface area contributed by atoms with Gasteiger partial charge in [0.25, 0.3) is 6.43 Å². The molecule has 5 nitrogen and oxygen atoms in total. The first-order valence-electron chi connectivity index (χ1n) is 6.03. The van der Waals surface area contributed by atoms with Gasteiger partial charge in [0.15, 0.2) is 0 Å². The number of aliphatic hydroxyl groups is 1. The summed E-state index contributed by atoms with van der Waals surface area (Å²) in [6.45, 7) is -1.50. The highest BCUT2D eigenvalue weighted by atomic mass is 32.2. The predicted molar refractivity (Wildman–Crippen MR) is 71.6 cm³/mol. The molecule has 1 aromatic carbocycles. The van der Waals surface area contributed by atoms with E-state index in [0.29, 0.717) is 9.87 Å². The number of alkyl halides is 2. The van der Waals surface area contributed by atoms with Crippen molar-refractivity contribution in [1.82, 2.24) is 4.31 Å². The fourth-order valence-electron chi connectivity index (χ4n) is 1.76. The summed E-state index contributed by atoms with van der Waals surface area (Å²) in [5, 5.41) is 8.79. The molecule has 3 N–H and O–H groups in total. The molecule has 0 unspecified atom stereocenters. The summed E-state index contributed by atoms with van der Waals surface area (Å²) >= 11 is 0. The summed E-state index contributed by atoms with van der Waals surface area (Å²) in [6.07, 6.45) is -2.79. The molecular formula is C12H18F2N2O3S. The standard InChI is InChI=1S/C12H18F2N2O3S/c13-12(14)8-16(4-5-17)20(18,19)9-11-3-1-2-10(6-11)7-15/h1-3,6,12,17H,4-5,7-9,15H2. The van der Waals surface area contributed by atoms with Crippen molar-refractivity contribution in [1.29, 1.82) is 0 Å². The lowest BCUT2D eigenvalue weighted by atomic mass is 10.1. The molecule has 0 aliphatic carbocycles. The summed E-state index contributed by atoms with van der Waals surface area (Å²) in [5.41, 5.74) is 6.70. The van der Waals surface area contributed by atoms with Crippen LogP contribution < -0.4 is 5.73 Å². The number of aliphatic hydroxyl groups excluding tert-OH is 1. The Morgan fingerprint density at radius 1 is 1.30 bits per heavy atom. The van der Waals surface area contributed by atoms with Gasteiger partial charge in [-0.3, -0.25) is 0 Å². The van der Waals surface area contributed by atoms with Crippen LogP contribution in [0.5, 0.6) is 0 Å². The maximum Gasteiger partial charge on any atom is 0.252 e. The van der Waals surface area contributed by atoms with E-state index in [0.717, 1.165) is 5.56 Å². The lowest BCUT2D eigenvalue weighted by Crippen LogP contribution is -2.38. The molecule has 20 heavy (non-hydrogen) atoms. The average molecular weight is 308 g/mol. The van der Waals surface area contributed by atoms with E-state index in [9.17, 15) is 17.2 Å². The number of benzene rings is 1. The maximum absolute atomic E-state index is 12.4. The molecule has 0 atom stereocenters. The highest BCUT2D eigenvalue weighted by molar-refractivity contribution is 7.88. The molecule has 0 aliphatic heterocycles. The number of halogens is 2. The number of rotatable bonds is 8. The van der Waals surface area contributed by atoms with Gasteiger partial charge in [0, 0.05) is 13.1 Å². The van der Waals surface area contributed by atoms with Crippen molar-refractivity contribution in [3.8, 4) is 0 Å². The number of hydrogen-bond acceptors (Lipinski definition) is 4. The van der Waals surface area contributed by atoms with Crippen molar-refractivity contribution in [2.24, 2.45) is 5.73 Å². The molecule has 0 fully saturated rings. The Morgan fingerprint density at radius 3 is 2.50 bits per heavy atom. The predicted octanol–water partition coefficient (Wildman–Crippen LogP) is 0.534. The molecule has 0 aliphatic rings. The average Bonchev–Trinajstić information content (AvgIpc) is 2.37. The lowest BCUT2D eigenvalue weighted by molar-refractivity contribution is 0.113. The molecular weight excluding hydrogens is 290 g/mol. The third-order valence-corrected chi connectivity index (χ3v) is 4.48. The van der Waals surface area contributed by atoms with Crippen molar-refractivity contribution in [3.05, 3.63) is 35.4 Å². The van der Waals surface area contributed by atoms with Crippen LogP contribution in [0.2, 0.25) is 0 Å². The van der Waals surface area contributed by atoms with E-state index >= 15 is 0 Å². The summed E-state index contributed by atoms with van der Waals surface area (Å²) in [6, 6.07) is 6.63. The van der Waals surface area contributed by atoms with Gasteiger partial charge in [0.1, 0.15) is 0 Å². The summed E-state index contributed by atoms with van der Waals surface area (Å²) in [4.78, 5) is 0. The SMILES string of the molecule is NCc1cccc(CS(=O)(=O)N(CCO)CC(F)F)c1. The van der Waals surface area contributed by atoms with Gasteiger partial charge in [-0.05, 0) is 11.1 Å². The number of hydrogen-bond donors (Lipinski definition) is 2. The summed E-state index contributed by atoms with van der Waals surface area (Å²) in [5.74, 6) is -0.395. The van der Waals surface area contributed by atoms with Crippen molar-refractivity contribution >= 4 is 10.0 Å². The minimum atomic E-state index is -3.91. The Hall–Kier alpha value is -1.09. The zero-order valence-electron chi connectivity index (χ0n) is 10.9. The van der Waals surface area contributed by atoms with Crippen LogP contribution in [0.25, 0.3) is 0 Å². The molecule has 0 heterocycles. The highest BCUT2D eigenvalue weighted by Crippen LogP contribution is 2.14. The minimum absolute atomic E-state index is 0.269. The van der Waals surface area contributed by atoms with E-state index in [1.54, 1.807) is 24.3 Å². The Balaban J connectivity index is 2.89. The van der Waals surface area contributed by atoms with E-state index in [1.165, 1.54) is 0 Å². The van der Waals surface area contributed by atoms with Crippen LogP contribution in [-0.2, 0) is 22.3 Å². The first-order valence-corrected chi connectivity index (χ1v) is 7.64. The molecule has 1 rings (SSSR count). The zero-order valence-corrected chi connectivity index (χ0v) is 11.7. The molecule has 0 aromatic heterocycles. The molecule has 0 radical (unpaired) electrons. The van der Waals surface area contributed by atoms with E-state index in [4.69, 9.17) is 10.8 Å². The topological polar surface area (TPSA) is 83.6 Å². The van der Waals surface area contributed by atoms with Crippen LogP contribution in [0.15, 0.2) is 24.3 Å². The smallest absolute Gasteiger partial charge is 0.252 e. The molecule has 1 aromatic rings. The molecule has 0 amide bonds. The van der Waals surface area contributed by atoms with Gasteiger partial charge in [-0.2, -0.15) is 4.31 Å². The third-order valence-electron chi connectivity index (χ3n) is 2.66. The Morgan fingerprint density at radius 2 is 1.95 bits per heavy atom. The van der Waals surface area contributed by atoms with Crippen LogP contribution in [0, 0.1) is 0 Å². The van der Waals surface area contributed by atoms with Crippen LogP contribution in [-0.4, -0.2) is 44.0 Å². The second kappa shape index (κ2) is 7.63. The van der Waals surface area contributed by atoms with Gasteiger partial charge >= 0.3 is 0 Å². The van der Waals surface area contributed by atoms with Gasteiger partial charge in [0.05, 0.1) is 18.9 Å². The fraction of sp³-hybridized carbons (Fsp3) is 0.500. The molecule has 0 saturated carbocycles. The van der Waals surface area contributed by atoms with Crippen LogP contribution in [0.1, 0.15) is 11.1 Å². The fourth-order valence-corrected chi connectivity index (χ4v) is 3.24. The number of sulfonamides is 1. The Labute approximate surface area is 117 Å². The number of nitrogens with two attached hydrogens (primary N) is 1. The van der Waals surface area contributed by atoms with E-state index in [1.807, 2.05) is 0 Å². The van der Waals surface area contributed by atoms with Gasteiger partial charge in [-0.25, -0.2) is 17.2 Å². The molecule has 8 heteroatoms. The Kier molecular flexibility index (Phi) is 6.47. The monoisotopic (exact) mass is 308 g/mol. The minimum Gasteiger partial charge on any atom is -0.395 e. The second-order valence-corrected chi connectivity index (χ2v) is 6.22. The maximum atomic E-state index is 12.4. The molecule has 0 saturated heterocycles. The van der Waals surface area contributed by atoms with Crippen molar-refractivity contribution in [3.63, 3.8) is 0 Å². The van der Waals surface area contributed by atoms with Crippen molar-refractivity contribution in [2.75, 3.05) is 19.7 Å². The first-order chi connectivity index (χ1) is 9.39. The molecule has 114 valence electrons. The van der Waals surface area contributed by atoms with Gasteiger partial charge in [-0.15, -0.1) is 0 Å². The lowest BCUT2D eigenvalue weighted by Gasteiger charge is -2.21. The zero-order chi connectivity index (χ0) is 15.2. The van der Waals surface area contributed by atoms with E-state index in [2.05, 4.69) is 0 Å². The Bertz CT molecular complexity index is 523. The summed E-state index contributed by atoms with van der Waals surface area (Å²) < 4.78 is 49.5. The van der Waals surface area contributed by atoms with Crippen LogP contribution in [0.4, 0.5) is 8.78 Å². The first kappa shape index (κ1) is 17.0. The van der Waals surface area contributed by atoms with Crippen molar-refractivity contribution in [2.45, 2.75) is 18.7 Å². The summed E-state index contributed by atoms with van der Waals surface area (Å²) in [7, 11) is -3.91. The van der Waals surface area contributed by atoms with Crippen LogP contribution in [0.3, 0.4) is 0 Å². The number of nitrogens with zero attached hydrogens (tertiary/aromatic N) is 1. The molecule has 0 bridgehead atoms. The van der Waals surface area contributed by atoms with E-state index < -0.39 is 35.4 Å². The second-order valence-electron chi connectivity index (χ2n) is 4.25. The normalized spacial score (nSPS) is 12.3. The quantitative estimate of drug-likeness (QED) is 0.734. The molecule has 0 spiro atoms. The van der Waals surface area contributed by atoms with E-state index in [-0.39, 0.29) is 13.1 Å². The third kappa shape index (κ3) is 5.12. The van der Waals surface area contributed by atoms with Crippen LogP contribution >= 0.6 is 0 Å². The van der Waals surface area contributed by atoms with Gasteiger partial charge in [-0.1, -0.05) is 24.3 Å².